The van der Waals surface area contributed by atoms with Crippen LogP contribution < -0.4 is 10.1 Å². The first kappa shape index (κ1) is 12.4. The van der Waals surface area contributed by atoms with E-state index in [1.807, 2.05) is 12.1 Å². The zero-order chi connectivity index (χ0) is 12.3. The molecule has 0 radical (unpaired) electrons. The summed E-state index contributed by atoms with van der Waals surface area (Å²) in [6.45, 7) is 0. The van der Waals surface area contributed by atoms with Gasteiger partial charge in [-0.2, -0.15) is 0 Å². The maximum Gasteiger partial charge on any atom is 0.255 e. The van der Waals surface area contributed by atoms with E-state index in [0.29, 0.717) is 16.1 Å². The van der Waals surface area contributed by atoms with Crippen LogP contribution in [-0.4, -0.2) is 23.9 Å². The van der Waals surface area contributed by atoms with E-state index in [1.54, 1.807) is 19.2 Å². The Kier molecular flexibility index (Phi) is 4.05. The average Bonchev–Trinajstić information content (AvgIpc) is 2.75. The van der Waals surface area contributed by atoms with Crippen LogP contribution in [0.5, 0.6) is 5.75 Å². The summed E-state index contributed by atoms with van der Waals surface area (Å²) in [6.07, 6.45) is 3.32. The molecule has 2 unspecified atom stereocenters. The Morgan fingerprint density at radius 3 is 2.82 bits per heavy atom. The summed E-state index contributed by atoms with van der Waals surface area (Å²) in [5, 5.41) is 3.05. The van der Waals surface area contributed by atoms with Gasteiger partial charge in [-0.1, -0.05) is 34.5 Å². The second-order valence-corrected chi connectivity index (χ2v) is 5.40. The van der Waals surface area contributed by atoms with Crippen LogP contribution in [0.1, 0.15) is 29.6 Å². The van der Waals surface area contributed by atoms with Crippen LogP contribution in [0, 0.1) is 0 Å². The molecule has 1 fully saturated rings. The van der Waals surface area contributed by atoms with Gasteiger partial charge in [-0.15, -0.1) is 0 Å². The topological polar surface area (TPSA) is 38.3 Å². The van der Waals surface area contributed by atoms with Gasteiger partial charge in [0.15, 0.2) is 0 Å². The van der Waals surface area contributed by atoms with Gasteiger partial charge in [0.25, 0.3) is 5.91 Å². The van der Waals surface area contributed by atoms with E-state index in [1.165, 1.54) is 0 Å². The lowest BCUT2D eigenvalue weighted by atomic mass is 10.1. The Bertz CT molecular complexity index is 408. The van der Waals surface area contributed by atoms with E-state index >= 15 is 0 Å². The van der Waals surface area contributed by atoms with Gasteiger partial charge in [0.2, 0.25) is 0 Å². The van der Waals surface area contributed by atoms with Gasteiger partial charge < -0.3 is 10.1 Å². The van der Waals surface area contributed by atoms with Crippen LogP contribution in [0.2, 0.25) is 0 Å². The van der Waals surface area contributed by atoms with Crippen molar-refractivity contribution in [3.63, 3.8) is 0 Å². The Morgan fingerprint density at radius 1 is 1.41 bits per heavy atom. The standard InChI is InChI=1S/C13H16BrNO2/c1-17-12-8-3-2-5-9(12)13(16)15-11-7-4-6-10(11)14/h2-3,5,8,10-11H,4,6-7H2,1H3,(H,15,16). The highest BCUT2D eigenvalue weighted by atomic mass is 79.9. The fraction of sp³-hybridized carbons (Fsp3) is 0.462. The first-order chi connectivity index (χ1) is 8.22. The summed E-state index contributed by atoms with van der Waals surface area (Å²) in [4.78, 5) is 12.5. The molecule has 1 aromatic carbocycles. The molecule has 17 heavy (non-hydrogen) atoms. The predicted octanol–water partition coefficient (Wildman–Crippen LogP) is 2.74. The first-order valence-corrected chi connectivity index (χ1v) is 6.72. The number of alkyl halides is 1. The lowest BCUT2D eigenvalue weighted by Crippen LogP contribution is -2.37. The van der Waals surface area contributed by atoms with Crippen LogP contribution in [0.4, 0.5) is 0 Å². The number of methoxy groups -OCH3 is 1. The molecule has 4 heteroatoms. The van der Waals surface area contributed by atoms with Crippen molar-refractivity contribution in [3.05, 3.63) is 29.8 Å². The molecule has 0 aromatic heterocycles. The number of benzene rings is 1. The molecule has 92 valence electrons. The van der Waals surface area contributed by atoms with Gasteiger partial charge in [0.1, 0.15) is 5.75 Å². The molecule has 1 aromatic rings. The van der Waals surface area contributed by atoms with Gasteiger partial charge in [-0.05, 0) is 25.0 Å². The molecule has 1 saturated carbocycles. The Labute approximate surface area is 110 Å². The summed E-state index contributed by atoms with van der Waals surface area (Å²) in [5.41, 5.74) is 0.599. The zero-order valence-corrected chi connectivity index (χ0v) is 11.4. The van der Waals surface area contributed by atoms with Crippen LogP contribution >= 0.6 is 15.9 Å². The molecule has 3 nitrogen and oxygen atoms in total. The van der Waals surface area contributed by atoms with Gasteiger partial charge in [-0.25, -0.2) is 0 Å². The highest BCUT2D eigenvalue weighted by Crippen LogP contribution is 2.26. The molecule has 1 N–H and O–H groups in total. The summed E-state index contributed by atoms with van der Waals surface area (Å²) in [5.74, 6) is 0.563. The predicted molar refractivity (Wildman–Crippen MR) is 70.8 cm³/mol. The normalized spacial score (nSPS) is 23.4. The number of ether oxygens (including phenoxy) is 1. The van der Waals surface area contributed by atoms with Crippen molar-refractivity contribution < 1.29 is 9.53 Å². The zero-order valence-electron chi connectivity index (χ0n) is 9.78. The molecular formula is C13H16BrNO2. The molecule has 0 bridgehead atoms. The fourth-order valence-corrected chi connectivity index (χ4v) is 2.88. The van der Waals surface area contributed by atoms with E-state index in [-0.39, 0.29) is 11.9 Å². The minimum atomic E-state index is -0.0567. The number of nitrogens with one attached hydrogen (secondary N) is 1. The minimum Gasteiger partial charge on any atom is -0.496 e. The van der Waals surface area contributed by atoms with E-state index in [2.05, 4.69) is 21.2 Å². The second-order valence-electron chi connectivity index (χ2n) is 4.23. The molecule has 1 aliphatic carbocycles. The maximum absolute atomic E-state index is 12.1. The Hall–Kier alpha value is -1.03. The number of hydrogen-bond acceptors (Lipinski definition) is 2. The van der Waals surface area contributed by atoms with Crippen molar-refractivity contribution in [1.29, 1.82) is 0 Å². The van der Waals surface area contributed by atoms with E-state index in [9.17, 15) is 4.79 Å². The van der Waals surface area contributed by atoms with Crippen molar-refractivity contribution in [2.24, 2.45) is 0 Å². The Balaban J connectivity index is 2.09. The lowest BCUT2D eigenvalue weighted by molar-refractivity contribution is 0.0936. The van der Waals surface area contributed by atoms with Gasteiger partial charge in [-0.3, -0.25) is 4.79 Å². The maximum atomic E-state index is 12.1. The van der Waals surface area contributed by atoms with Crippen molar-refractivity contribution in [2.75, 3.05) is 7.11 Å². The molecular weight excluding hydrogens is 282 g/mol. The van der Waals surface area contributed by atoms with Gasteiger partial charge in [0, 0.05) is 10.9 Å². The van der Waals surface area contributed by atoms with Crippen molar-refractivity contribution in [2.45, 2.75) is 30.1 Å². The number of rotatable bonds is 3. The number of para-hydroxylation sites is 1. The number of amides is 1. The summed E-state index contributed by atoms with van der Waals surface area (Å²) in [7, 11) is 1.58. The summed E-state index contributed by atoms with van der Waals surface area (Å²) >= 11 is 3.60. The smallest absolute Gasteiger partial charge is 0.255 e. The highest BCUT2D eigenvalue weighted by Gasteiger charge is 2.27. The molecule has 1 aliphatic rings. The number of hydrogen-bond donors (Lipinski definition) is 1. The van der Waals surface area contributed by atoms with Gasteiger partial charge >= 0.3 is 0 Å². The number of carbonyl (C=O) groups is 1. The van der Waals surface area contributed by atoms with E-state index in [4.69, 9.17) is 4.74 Å². The second kappa shape index (κ2) is 5.54. The molecule has 2 atom stereocenters. The minimum absolute atomic E-state index is 0.0567. The molecule has 1 amide bonds. The van der Waals surface area contributed by atoms with E-state index in [0.717, 1.165) is 19.3 Å². The number of carbonyl (C=O) groups excluding carboxylic acids is 1. The summed E-state index contributed by atoms with van der Waals surface area (Å²) < 4.78 is 5.19. The van der Waals surface area contributed by atoms with Crippen molar-refractivity contribution >= 4 is 21.8 Å². The third kappa shape index (κ3) is 2.80. The SMILES string of the molecule is COc1ccccc1C(=O)NC1CCCC1Br. The van der Waals surface area contributed by atoms with Crippen LogP contribution in [0.15, 0.2) is 24.3 Å². The van der Waals surface area contributed by atoms with Crippen LogP contribution in [0.25, 0.3) is 0 Å². The fourth-order valence-electron chi connectivity index (χ4n) is 2.16. The molecule has 0 aliphatic heterocycles. The Morgan fingerprint density at radius 2 is 2.18 bits per heavy atom. The summed E-state index contributed by atoms with van der Waals surface area (Å²) in [6, 6.07) is 7.52. The lowest BCUT2D eigenvalue weighted by Gasteiger charge is -2.17. The molecule has 0 spiro atoms. The van der Waals surface area contributed by atoms with Crippen molar-refractivity contribution in [3.8, 4) is 5.75 Å². The largest absolute Gasteiger partial charge is 0.496 e. The van der Waals surface area contributed by atoms with Crippen LogP contribution in [-0.2, 0) is 0 Å². The van der Waals surface area contributed by atoms with Gasteiger partial charge in [0.05, 0.1) is 12.7 Å². The van der Waals surface area contributed by atoms with Crippen LogP contribution in [0.3, 0.4) is 0 Å². The number of halogens is 1. The highest BCUT2D eigenvalue weighted by molar-refractivity contribution is 9.09. The van der Waals surface area contributed by atoms with E-state index < -0.39 is 0 Å². The molecule has 0 saturated heterocycles. The monoisotopic (exact) mass is 297 g/mol. The average molecular weight is 298 g/mol. The molecule has 2 rings (SSSR count). The third-order valence-electron chi connectivity index (χ3n) is 3.10. The van der Waals surface area contributed by atoms with Crippen molar-refractivity contribution in [1.82, 2.24) is 5.32 Å². The first-order valence-electron chi connectivity index (χ1n) is 5.80. The third-order valence-corrected chi connectivity index (χ3v) is 4.20. The molecule has 0 heterocycles. The quantitative estimate of drug-likeness (QED) is 0.871.